The van der Waals surface area contributed by atoms with Crippen molar-refractivity contribution in [3.8, 4) is 0 Å². The molecule has 0 fully saturated rings. The van der Waals surface area contributed by atoms with Gasteiger partial charge < -0.3 is 22.1 Å². The topological polar surface area (TPSA) is 49.4 Å². The summed E-state index contributed by atoms with van der Waals surface area (Å²) in [5.74, 6) is 0. The van der Waals surface area contributed by atoms with Crippen LogP contribution in [0.2, 0.25) is 18.1 Å². The van der Waals surface area contributed by atoms with Gasteiger partial charge in [0.1, 0.15) is 0 Å². The lowest BCUT2D eigenvalue weighted by atomic mass is 10.4. The maximum Gasteiger partial charge on any atom is 0.500 e. The van der Waals surface area contributed by atoms with Crippen LogP contribution in [0.4, 0.5) is 0 Å². The van der Waals surface area contributed by atoms with Gasteiger partial charge in [-0.2, -0.15) is 0 Å². The Morgan fingerprint density at radius 1 is 0.643 bits per heavy atom. The van der Waals surface area contributed by atoms with E-state index in [-0.39, 0.29) is 0 Å². The molecule has 0 aliphatic rings. The Hall–Kier alpha value is -0.326. The van der Waals surface area contributed by atoms with E-state index in [0.29, 0.717) is 33.0 Å². The maximum absolute atomic E-state index is 6.30. The molecule has 6 nitrogen and oxygen atoms in total. The van der Waals surface area contributed by atoms with Crippen molar-refractivity contribution in [2.45, 2.75) is 52.8 Å². The summed E-state index contributed by atoms with van der Waals surface area (Å²) in [6.45, 7) is 23.3. The highest BCUT2D eigenvalue weighted by Crippen LogP contribution is 2.28. The molecular weight excluding hydrogens is 390 g/mol. The normalized spacial score (nSPS) is 12.5. The largest absolute Gasteiger partial charge is 0.500 e. The smallest absolute Gasteiger partial charge is 0.394 e. The van der Waals surface area contributed by atoms with Gasteiger partial charge in [0.2, 0.25) is 0 Å². The fourth-order valence-electron chi connectivity index (χ4n) is 3.28. The van der Waals surface area contributed by atoms with Crippen LogP contribution in [0.5, 0.6) is 0 Å². The molecule has 8 heteroatoms. The van der Waals surface area contributed by atoms with Gasteiger partial charge in [0.25, 0.3) is 0 Å². The Labute approximate surface area is 175 Å². The van der Waals surface area contributed by atoms with Crippen molar-refractivity contribution < 1.29 is 22.1 Å². The van der Waals surface area contributed by atoms with Crippen LogP contribution >= 0.6 is 0 Å². The van der Waals surface area contributed by atoms with Crippen molar-refractivity contribution >= 4 is 17.4 Å². The average Bonchev–Trinajstić information content (AvgIpc) is 2.66. The summed E-state index contributed by atoms with van der Waals surface area (Å²) in [6, 6.07) is 2.40. The predicted octanol–water partition coefficient (Wildman–Crippen LogP) is 4.22. The molecule has 0 aromatic carbocycles. The molecule has 0 bridgehead atoms. The molecule has 0 radical (unpaired) electrons. The van der Waals surface area contributed by atoms with Crippen molar-refractivity contribution in [3.63, 3.8) is 0 Å². The summed E-state index contributed by atoms with van der Waals surface area (Å²) in [4.78, 5) is 2.30. The summed E-state index contributed by atoms with van der Waals surface area (Å²) in [6.07, 6.45) is 3.84. The zero-order valence-corrected chi connectivity index (χ0v) is 20.8. The van der Waals surface area contributed by atoms with Crippen LogP contribution in [-0.2, 0) is 22.1 Å². The number of rotatable bonds is 20. The van der Waals surface area contributed by atoms with Gasteiger partial charge in [-0.25, -0.2) is 0 Å². The molecule has 0 saturated carbocycles. The molecule has 0 aliphatic heterocycles. The first-order chi connectivity index (χ1) is 13.5. The highest BCUT2D eigenvalue weighted by atomic mass is 28.4. The van der Waals surface area contributed by atoms with Gasteiger partial charge in [-0.05, 0) is 40.7 Å². The second kappa shape index (κ2) is 16.5. The molecule has 166 valence electrons. The number of hydrogen-bond acceptors (Lipinski definition) is 6. The van der Waals surface area contributed by atoms with E-state index in [4.69, 9.17) is 22.1 Å². The van der Waals surface area contributed by atoms with Gasteiger partial charge >= 0.3 is 17.4 Å². The molecule has 0 unspecified atom stereocenters. The van der Waals surface area contributed by atoms with Crippen molar-refractivity contribution in [1.82, 2.24) is 4.90 Å². The van der Waals surface area contributed by atoms with Crippen LogP contribution < -0.4 is 0 Å². The fraction of sp³-hybridized carbons (Fsp3) is 0.800. The molecule has 0 N–H and O–H groups in total. The monoisotopic (exact) mass is 433 g/mol. The Morgan fingerprint density at radius 2 is 1.07 bits per heavy atom. The van der Waals surface area contributed by atoms with Crippen LogP contribution in [0.15, 0.2) is 25.3 Å². The third-order valence-corrected chi connectivity index (χ3v) is 11.5. The molecular formula is C20H43NO5Si2. The third-order valence-electron chi connectivity index (χ3n) is 4.30. The van der Waals surface area contributed by atoms with E-state index >= 15 is 0 Å². The summed E-state index contributed by atoms with van der Waals surface area (Å²) in [5, 5.41) is 0. The first-order valence-corrected chi connectivity index (χ1v) is 14.8. The summed E-state index contributed by atoms with van der Waals surface area (Å²) in [5.41, 5.74) is 0. The SMILES string of the molecule is C=CCN(CC=C)CC[Si](CC[Si](OCC)(OCC)OCC)(OCC)OCC. The van der Waals surface area contributed by atoms with Crippen LogP contribution in [0.1, 0.15) is 34.6 Å². The van der Waals surface area contributed by atoms with Crippen molar-refractivity contribution in [1.29, 1.82) is 0 Å². The third kappa shape index (κ3) is 10.5. The van der Waals surface area contributed by atoms with Crippen LogP contribution in [0.25, 0.3) is 0 Å². The van der Waals surface area contributed by atoms with E-state index < -0.39 is 17.4 Å². The molecule has 0 aromatic heterocycles. The van der Waals surface area contributed by atoms with Crippen LogP contribution in [0.3, 0.4) is 0 Å². The molecule has 0 rings (SSSR count). The quantitative estimate of drug-likeness (QED) is 0.212. The Morgan fingerprint density at radius 3 is 1.43 bits per heavy atom. The minimum absolute atomic E-state index is 0.580. The predicted molar refractivity (Wildman–Crippen MR) is 121 cm³/mol. The van der Waals surface area contributed by atoms with E-state index in [1.54, 1.807) is 0 Å². The highest BCUT2D eigenvalue weighted by Gasteiger charge is 2.46. The minimum atomic E-state index is -2.72. The number of hydrogen-bond donors (Lipinski definition) is 0. The van der Waals surface area contributed by atoms with Gasteiger partial charge in [0.15, 0.2) is 0 Å². The molecule has 0 spiro atoms. The second-order valence-corrected chi connectivity index (χ2v) is 12.5. The molecule has 0 heterocycles. The van der Waals surface area contributed by atoms with E-state index in [2.05, 4.69) is 18.1 Å². The molecule has 28 heavy (non-hydrogen) atoms. The number of nitrogens with zero attached hydrogens (tertiary/aromatic N) is 1. The lowest BCUT2D eigenvalue weighted by Crippen LogP contribution is -2.51. The van der Waals surface area contributed by atoms with Gasteiger partial charge in [-0.3, -0.25) is 4.90 Å². The van der Waals surface area contributed by atoms with Crippen molar-refractivity contribution in [3.05, 3.63) is 25.3 Å². The minimum Gasteiger partial charge on any atom is -0.394 e. The highest BCUT2D eigenvalue weighted by molar-refractivity contribution is 6.70. The lowest BCUT2D eigenvalue weighted by Gasteiger charge is -2.35. The van der Waals surface area contributed by atoms with Gasteiger partial charge in [0.05, 0.1) is 0 Å². The fourth-order valence-corrected chi connectivity index (χ4v) is 10.6. The van der Waals surface area contributed by atoms with E-state index in [9.17, 15) is 0 Å². The summed E-state index contributed by atoms with van der Waals surface area (Å²) >= 11 is 0. The Bertz CT molecular complexity index is 379. The molecule has 0 aliphatic carbocycles. The van der Waals surface area contributed by atoms with E-state index in [1.165, 1.54) is 0 Å². The molecule has 0 saturated heterocycles. The van der Waals surface area contributed by atoms with Gasteiger partial charge in [-0.15, -0.1) is 13.2 Å². The molecule has 0 aromatic rings. The Balaban J connectivity index is 5.37. The first-order valence-electron chi connectivity index (χ1n) is 10.6. The van der Waals surface area contributed by atoms with Gasteiger partial charge in [0, 0.05) is 64.8 Å². The molecule has 0 amide bonds. The average molecular weight is 434 g/mol. The van der Waals surface area contributed by atoms with Crippen LogP contribution in [0, 0.1) is 0 Å². The molecule has 0 atom stereocenters. The zero-order chi connectivity index (χ0) is 21.3. The van der Waals surface area contributed by atoms with Crippen molar-refractivity contribution in [2.75, 3.05) is 52.7 Å². The Kier molecular flexibility index (Phi) is 16.3. The standard InChI is InChI=1S/C20H43NO5Si2/c1-8-15-21(16-9-2)17-18-27(22-10-3,23-11-4)19-20-28(24-12-5,25-13-6)26-14-7/h8-9H,1-2,10-20H2,3-7H3. The lowest BCUT2D eigenvalue weighted by molar-refractivity contribution is 0.0710. The summed E-state index contributed by atoms with van der Waals surface area (Å²) < 4.78 is 30.7. The maximum atomic E-state index is 6.30. The second-order valence-electron chi connectivity index (χ2n) is 6.35. The van der Waals surface area contributed by atoms with Crippen LogP contribution in [-0.4, -0.2) is 74.9 Å². The zero-order valence-electron chi connectivity index (χ0n) is 18.8. The first kappa shape index (κ1) is 27.7. The van der Waals surface area contributed by atoms with Crippen molar-refractivity contribution in [2.24, 2.45) is 0 Å². The summed E-state index contributed by atoms with van der Waals surface area (Å²) in [7, 11) is -5.15. The van der Waals surface area contributed by atoms with E-state index in [1.807, 2.05) is 46.8 Å². The van der Waals surface area contributed by atoms with E-state index in [0.717, 1.165) is 37.8 Å². The van der Waals surface area contributed by atoms with Gasteiger partial charge in [-0.1, -0.05) is 12.2 Å².